The monoisotopic (exact) mass is 204 g/mol. The van der Waals surface area contributed by atoms with Crippen molar-refractivity contribution in [1.29, 1.82) is 0 Å². The van der Waals surface area contributed by atoms with Crippen LogP contribution in [0.3, 0.4) is 0 Å². The predicted octanol–water partition coefficient (Wildman–Crippen LogP) is -0.907. The summed E-state index contributed by atoms with van der Waals surface area (Å²) in [5.41, 5.74) is 5.52. The molecule has 3 atom stereocenters. The first-order chi connectivity index (χ1) is 6.52. The van der Waals surface area contributed by atoms with Crippen LogP contribution in [0.25, 0.3) is 0 Å². The third-order valence-electron chi connectivity index (χ3n) is 2.19. The summed E-state index contributed by atoms with van der Waals surface area (Å²) in [7, 11) is 1.49. The lowest BCUT2D eigenvalue weighted by Gasteiger charge is -2.21. The van der Waals surface area contributed by atoms with Gasteiger partial charge in [0, 0.05) is 19.8 Å². The van der Waals surface area contributed by atoms with Crippen LogP contribution < -0.4 is 11.1 Å². The fraction of sp³-hybridized carbons (Fsp3) is 0.889. The van der Waals surface area contributed by atoms with Crippen LogP contribution in [-0.2, 0) is 9.53 Å². The number of hydrogen-bond acceptors (Lipinski definition) is 4. The number of hydrogen-bond donors (Lipinski definition) is 3. The molecule has 0 rings (SSSR count). The summed E-state index contributed by atoms with van der Waals surface area (Å²) in [6, 6.07) is -0.733. The van der Waals surface area contributed by atoms with Crippen molar-refractivity contribution in [3.05, 3.63) is 0 Å². The Balaban J connectivity index is 3.92. The number of carbonyl (C=O) groups is 1. The number of rotatable bonds is 6. The van der Waals surface area contributed by atoms with Crippen LogP contribution in [0, 0.1) is 5.92 Å². The summed E-state index contributed by atoms with van der Waals surface area (Å²) >= 11 is 0. The SMILES string of the molecule is COCC(N)C(=O)NC(C)C(C)CO. The first kappa shape index (κ1) is 13.4. The molecule has 14 heavy (non-hydrogen) atoms. The number of amides is 1. The first-order valence-corrected chi connectivity index (χ1v) is 4.68. The largest absolute Gasteiger partial charge is 0.396 e. The molecule has 0 aliphatic heterocycles. The zero-order chi connectivity index (χ0) is 11.1. The van der Waals surface area contributed by atoms with Crippen molar-refractivity contribution in [3.8, 4) is 0 Å². The summed E-state index contributed by atoms with van der Waals surface area (Å²) in [5, 5.41) is 11.6. The molecule has 5 heteroatoms. The average Bonchev–Trinajstić information content (AvgIpc) is 2.16. The van der Waals surface area contributed by atoms with E-state index in [4.69, 9.17) is 15.6 Å². The number of methoxy groups -OCH3 is 1. The number of aliphatic hydroxyl groups is 1. The van der Waals surface area contributed by atoms with Gasteiger partial charge in [0.15, 0.2) is 0 Å². The van der Waals surface area contributed by atoms with E-state index >= 15 is 0 Å². The van der Waals surface area contributed by atoms with Crippen LogP contribution in [0.4, 0.5) is 0 Å². The standard InChI is InChI=1S/C9H20N2O3/c1-6(4-12)7(2)11-9(13)8(10)5-14-3/h6-8,12H,4-5,10H2,1-3H3,(H,11,13). The number of carbonyl (C=O) groups excluding carboxylic acids is 1. The second-order valence-electron chi connectivity index (χ2n) is 3.52. The van der Waals surface area contributed by atoms with Gasteiger partial charge in [-0.15, -0.1) is 0 Å². The molecule has 4 N–H and O–H groups in total. The molecule has 0 heterocycles. The van der Waals surface area contributed by atoms with Crippen LogP contribution >= 0.6 is 0 Å². The van der Waals surface area contributed by atoms with Crippen molar-refractivity contribution < 1.29 is 14.6 Å². The third kappa shape index (κ3) is 4.55. The average molecular weight is 204 g/mol. The molecular weight excluding hydrogens is 184 g/mol. The second kappa shape index (κ2) is 6.75. The van der Waals surface area contributed by atoms with E-state index < -0.39 is 6.04 Å². The van der Waals surface area contributed by atoms with E-state index in [1.165, 1.54) is 7.11 Å². The second-order valence-corrected chi connectivity index (χ2v) is 3.52. The highest BCUT2D eigenvalue weighted by molar-refractivity contribution is 5.81. The quantitative estimate of drug-likeness (QED) is 0.523. The minimum absolute atomic E-state index is 0.0219. The van der Waals surface area contributed by atoms with Crippen molar-refractivity contribution >= 4 is 5.91 Å². The Morgan fingerprint density at radius 2 is 2.14 bits per heavy atom. The van der Waals surface area contributed by atoms with Crippen molar-refractivity contribution in [1.82, 2.24) is 5.32 Å². The summed E-state index contributed by atoms with van der Waals surface area (Å²) < 4.78 is 4.76. The minimum atomic E-state index is -0.645. The minimum Gasteiger partial charge on any atom is -0.396 e. The van der Waals surface area contributed by atoms with Crippen molar-refractivity contribution in [2.75, 3.05) is 20.3 Å². The van der Waals surface area contributed by atoms with Gasteiger partial charge in [-0.3, -0.25) is 4.79 Å². The molecule has 0 aromatic rings. The first-order valence-electron chi connectivity index (χ1n) is 4.68. The molecule has 3 unspecified atom stereocenters. The van der Waals surface area contributed by atoms with Gasteiger partial charge in [0.25, 0.3) is 0 Å². The maximum Gasteiger partial charge on any atom is 0.239 e. The van der Waals surface area contributed by atoms with Gasteiger partial charge in [0.05, 0.1) is 6.61 Å². The molecular formula is C9H20N2O3. The van der Waals surface area contributed by atoms with Gasteiger partial charge in [-0.2, -0.15) is 0 Å². The van der Waals surface area contributed by atoms with Gasteiger partial charge >= 0.3 is 0 Å². The molecule has 0 fully saturated rings. The van der Waals surface area contributed by atoms with E-state index in [-0.39, 0.29) is 31.1 Å². The molecule has 0 aliphatic carbocycles. The number of nitrogens with two attached hydrogens (primary N) is 1. The number of aliphatic hydroxyl groups excluding tert-OH is 1. The Morgan fingerprint density at radius 1 is 1.57 bits per heavy atom. The summed E-state index contributed by atoms with van der Waals surface area (Å²) in [4.78, 5) is 11.4. The highest BCUT2D eigenvalue weighted by atomic mass is 16.5. The van der Waals surface area contributed by atoms with Crippen molar-refractivity contribution in [3.63, 3.8) is 0 Å². The Hall–Kier alpha value is -0.650. The zero-order valence-electron chi connectivity index (χ0n) is 8.99. The van der Waals surface area contributed by atoms with E-state index in [9.17, 15) is 4.79 Å². The van der Waals surface area contributed by atoms with Crippen molar-refractivity contribution in [2.45, 2.75) is 25.9 Å². The van der Waals surface area contributed by atoms with Crippen LogP contribution in [-0.4, -0.2) is 43.4 Å². The third-order valence-corrected chi connectivity index (χ3v) is 2.19. The summed E-state index contributed by atoms with van der Waals surface area (Å²) in [6.45, 7) is 3.93. The van der Waals surface area contributed by atoms with E-state index in [1.54, 1.807) is 0 Å². The van der Waals surface area contributed by atoms with Gasteiger partial charge in [-0.25, -0.2) is 0 Å². The van der Waals surface area contributed by atoms with Gasteiger partial charge in [0.1, 0.15) is 6.04 Å². The van der Waals surface area contributed by atoms with Crippen LogP contribution in [0.1, 0.15) is 13.8 Å². The highest BCUT2D eigenvalue weighted by Gasteiger charge is 2.18. The molecule has 0 aromatic heterocycles. The number of nitrogens with one attached hydrogen (secondary N) is 1. The molecule has 0 saturated heterocycles. The van der Waals surface area contributed by atoms with Gasteiger partial charge < -0.3 is 20.9 Å². The normalized spacial score (nSPS) is 17.2. The molecule has 0 bridgehead atoms. The maximum atomic E-state index is 11.4. The van der Waals surface area contributed by atoms with Gasteiger partial charge in [0.2, 0.25) is 5.91 Å². The lowest BCUT2D eigenvalue weighted by Crippen LogP contribution is -2.48. The zero-order valence-corrected chi connectivity index (χ0v) is 8.99. The fourth-order valence-electron chi connectivity index (χ4n) is 0.887. The topological polar surface area (TPSA) is 84.6 Å². The van der Waals surface area contributed by atoms with Gasteiger partial charge in [-0.05, 0) is 12.8 Å². The maximum absolute atomic E-state index is 11.4. The summed E-state index contributed by atoms with van der Waals surface area (Å²) in [6.07, 6.45) is 0. The predicted molar refractivity (Wildman–Crippen MR) is 53.7 cm³/mol. The molecule has 0 saturated carbocycles. The lowest BCUT2D eigenvalue weighted by molar-refractivity contribution is -0.124. The molecule has 0 radical (unpaired) electrons. The Morgan fingerprint density at radius 3 is 2.57 bits per heavy atom. The van der Waals surface area contributed by atoms with E-state index in [0.29, 0.717) is 0 Å². The van der Waals surface area contributed by atoms with E-state index in [0.717, 1.165) is 0 Å². The Labute approximate surface area is 84.6 Å². The highest BCUT2D eigenvalue weighted by Crippen LogP contribution is 2.00. The molecule has 5 nitrogen and oxygen atoms in total. The van der Waals surface area contributed by atoms with Crippen LogP contribution in [0.15, 0.2) is 0 Å². The smallest absolute Gasteiger partial charge is 0.239 e. The van der Waals surface area contributed by atoms with Crippen LogP contribution in [0.5, 0.6) is 0 Å². The summed E-state index contributed by atoms with van der Waals surface area (Å²) in [5.74, 6) is -0.228. The molecule has 1 amide bonds. The lowest BCUT2D eigenvalue weighted by atomic mass is 10.0. The van der Waals surface area contributed by atoms with Crippen molar-refractivity contribution in [2.24, 2.45) is 11.7 Å². The fourth-order valence-corrected chi connectivity index (χ4v) is 0.887. The molecule has 0 spiro atoms. The Kier molecular flexibility index (Phi) is 6.44. The number of ether oxygens (including phenoxy) is 1. The molecule has 0 aliphatic rings. The van der Waals surface area contributed by atoms with Gasteiger partial charge in [-0.1, -0.05) is 6.92 Å². The molecule has 0 aromatic carbocycles. The van der Waals surface area contributed by atoms with E-state index in [1.807, 2.05) is 13.8 Å². The Bertz CT molecular complexity index is 175. The van der Waals surface area contributed by atoms with Crippen LogP contribution in [0.2, 0.25) is 0 Å². The molecule has 84 valence electrons. The van der Waals surface area contributed by atoms with E-state index in [2.05, 4.69) is 5.32 Å².